The van der Waals surface area contributed by atoms with Gasteiger partial charge in [-0.3, -0.25) is 4.79 Å². The lowest BCUT2D eigenvalue weighted by molar-refractivity contribution is -0.166. The van der Waals surface area contributed by atoms with Crippen molar-refractivity contribution in [3.05, 3.63) is 0 Å². The number of alkyl halides is 3. The fourth-order valence-electron chi connectivity index (χ4n) is 1.82. The van der Waals surface area contributed by atoms with Crippen LogP contribution in [-0.4, -0.2) is 40.6 Å². The van der Waals surface area contributed by atoms with Gasteiger partial charge in [0.1, 0.15) is 12.0 Å². The molecule has 0 radical (unpaired) electrons. The number of carbonyl (C=O) groups excluding carboxylic acids is 1. The Bertz CT molecular complexity index is 380. The highest BCUT2D eigenvalue weighted by atomic mass is 19.4. The van der Waals surface area contributed by atoms with E-state index >= 15 is 0 Å². The molecule has 0 aromatic rings. The standard InChI is InChI=1S/C11H18F3N3O2/c1-3-10(2,8(15)16-19)9(18)17(7-4-5-7)6-11(12,13)14/h7,19H,3-6H2,1-2H3,(H2,15,16). The van der Waals surface area contributed by atoms with Gasteiger partial charge in [0.15, 0.2) is 5.84 Å². The van der Waals surface area contributed by atoms with Crippen LogP contribution in [0.2, 0.25) is 0 Å². The molecule has 0 aromatic carbocycles. The second kappa shape index (κ2) is 5.26. The quantitative estimate of drug-likeness (QED) is 0.348. The molecule has 5 nitrogen and oxygen atoms in total. The summed E-state index contributed by atoms with van der Waals surface area (Å²) in [7, 11) is 0. The Kier molecular flexibility index (Phi) is 4.32. The molecule has 19 heavy (non-hydrogen) atoms. The average Bonchev–Trinajstić information content (AvgIpc) is 3.16. The molecule has 110 valence electrons. The summed E-state index contributed by atoms with van der Waals surface area (Å²) < 4.78 is 37.6. The number of hydrogen-bond donors (Lipinski definition) is 2. The zero-order valence-electron chi connectivity index (χ0n) is 10.9. The van der Waals surface area contributed by atoms with E-state index in [4.69, 9.17) is 10.9 Å². The molecule has 1 aliphatic carbocycles. The number of oxime groups is 1. The van der Waals surface area contributed by atoms with Crippen molar-refractivity contribution >= 4 is 11.7 Å². The molecule has 1 aliphatic rings. The minimum Gasteiger partial charge on any atom is -0.409 e. The van der Waals surface area contributed by atoms with Crippen molar-refractivity contribution in [1.82, 2.24) is 4.90 Å². The number of nitrogens with zero attached hydrogens (tertiary/aromatic N) is 2. The number of amides is 1. The zero-order valence-corrected chi connectivity index (χ0v) is 10.9. The first-order valence-electron chi connectivity index (χ1n) is 6.01. The molecule has 8 heteroatoms. The summed E-state index contributed by atoms with van der Waals surface area (Å²) in [6.07, 6.45) is -3.20. The molecule has 1 saturated carbocycles. The Hall–Kier alpha value is -1.47. The van der Waals surface area contributed by atoms with Gasteiger partial charge in [-0.2, -0.15) is 13.2 Å². The molecule has 1 atom stereocenters. The SMILES string of the molecule is CCC(C)(C(=O)N(CC(F)(F)F)C1CC1)C(N)=NO. The average molecular weight is 281 g/mol. The summed E-state index contributed by atoms with van der Waals surface area (Å²) in [6, 6.07) is -0.397. The second-order valence-corrected chi connectivity index (χ2v) is 4.95. The lowest BCUT2D eigenvalue weighted by Crippen LogP contribution is -2.52. The largest absolute Gasteiger partial charge is 0.409 e. The molecule has 1 unspecified atom stereocenters. The van der Waals surface area contributed by atoms with E-state index in [-0.39, 0.29) is 12.3 Å². The predicted molar refractivity (Wildman–Crippen MR) is 62.6 cm³/mol. The zero-order chi connectivity index (χ0) is 14.8. The van der Waals surface area contributed by atoms with Crippen molar-refractivity contribution in [3.8, 4) is 0 Å². The van der Waals surface area contributed by atoms with Crippen LogP contribution in [0.5, 0.6) is 0 Å². The molecule has 3 N–H and O–H groups in total. The van der Waals surface area contributed by atoms with Crippen molar-refractivity contribution in [2.75, 3.05) is 6.54 Å². The number of nitrogens with two attached hydrogens (primary N) is 1. The van der Waals surface area contributed by atoms with Gasteiger partial charge < -0.3 is 15.8 Å². The molecule has 0 heterocycles. The van der Waals surface area contributed by atoms with Crippen LogP contribution in [0.15, 0.2) is 5.16 Å². The van der Waals surface area contributed by atoms with Crippen LogP contribution in [0, 0.1) is 5.41 Å². The summed E-state index contributed by atoms with van der Waals surface area (Å²) in [4.78, 5) is 13.1. The van der Waals surface area contributed by atoms with Crippen molar-refractivity contribution in [2.45, 2.75) is 45.3 Å². The molecular formula is C11H18F3N3O2. The van der Waals surface area contributed by atoms with Crippen molar-refractivity contribution in [2.24, 2.45) is 16.3 Å². The Labute approximate surface area is 109 Å². The highest BCUT2D eigenvalue weighted by Gasteiger charge is 2.47. The first kappa shape index (κ1) is 15.6. The van der Waals surface area contributed by atoms with Crippen LogP contribution in [0.3, 0.4) is 0 Å². The fraction of sp³-hybridized carbons (Fsp3) is 0.818. The lowest BCUT2D eigenvalue weighted by atomic mass is 9.84. The van der Waals surface area contributed by atoms with Crippen LogP contribution in [0.4, 0.5) is 13.2 Å². The number of amidine groups is 1. The maximum Gasteiger partial charge on any atom is 0.406 e. The summed E-state index contributed by atoms with van der Waals surface area (Å²) in [6.45, 7) is 1.69. The second-order valence-electron chi connectivity index (χ2n) is 4.95. The van der Waals surface area contributed by atoms with Crippen molar-refractivity contribution < 1.29 is 23.2 Å². The molecule has 0 bridgehead atoms. The molecule has 0 aromatic heterocycles. The van der Waals surface area contributed by atoms with Crippen LogP contribution < -0.4 is 5.73 Å². The number of carbonyl (C=O) groups is 1. The van der Waals surface area contributed by atoms with E-state index in [0.29, 0.717) is 12.8 Å². The Morgan fingerprint density at radius 2 is 2.00 bits per heavy atom. The molecule has 1 rings (SSSR count). The molecule has 0 aliphatic heterocycles. The van der Waals surface area contributed by atoms with Gasteiger partial charge in [-0.15, -0.1) is 0 Å². The Morgan fingerprint density at radius 3 is 2.32 bits per heavy atom. The first-order chi connectivity index (χ1) is 8.65. The molecular weight excluding hydrogens is 263 g/mol. The van der Waals surface area contributed by atoms with Gasteiger partial charge >= 0.3 is 6.18 Å². The smallest absolute Gasteiger partial charge is 0.406 e. The van der Waals surface area contributed by atoms with E-state index in [1.807, 2.05) is 0 Å². The van der Waals surface area contributed by atoms with E-state index in [1.165, 1.54) is 6.92 Å². The number of rotatable bonds is 5. The Balaban J connectivity index is 2.98. The lowest BCUT2D eigenvalue weighted by Gasteiger charge is -2.33. The maximum absolute atomic E-state index is 12.5. The molecule has 0 spiro atoms. The minimum absolute atomic E-state index is 0.156. The Morgan fingerprint density at radius 1 is 1.47 bits per heavy atom. The first-order valence-corrected chi connectivity index (χ1v) is 6.01. The van der Waals surface area contributed by atoms with Crippen LogP contribution in [-0.2, 0) is 4.79 Å². The third-order valence-corrected chi connectivity index (χ3v) is 3.45. The van der Waals surface area contributed by atoms with Crippen LogP contribution in [0.1, 0.15) is 33.1 Å². The van der Waals surface area contributed by atoms with Gasteiger partial charge in [-0.25, -0.2) is 0 Å². The molecule has 1 amide bonds. The van der Waals surface area contributed by atoms with E-state index < -0.39 is 30.1 Å². The van der Waals surface area contributed by atoms with E-state index in [1.54, 1.807) is 6.92 Å². The fourth-order valence-corrected chi connectivity index (χ4v) is 1.82. The van der Waals surface area contributed by atoms with Crippen LogP contribution >= 0.6 is 0 Å². The predicted octanol–water partition coefficient (Wildman–Crippen LogP) is 1.70. The van der Waals surface area contributed by atoms with Crippen molar-refractivity contribution in [3.63, 3.8) is 0 Å². The van der Waals surface area contributed by atoms with Gasteiger partial charge in [-0.05, 0) is 26.2 Å². The van der Waals surface area contributed by atoms with Gasteiger partial charge in [0.2, 0.25) is 5.91 Å². The summed E-state index contributed by atoms with van der Waals surface area (Å²) in [5, 5.41) is 11.5. The molecule has 0 saturated heterocycles. The van der Waals surface area contributed by atoms with E-state index in [9.17, 15) is 18.0 Å². The molecule has 1 fully saturated rings. The van der Waals surface area contributed by atoms with Crippen molar-refractivity contribution in [1.29, 1.82) is 0 Å². The van der Waals surface area contributed by atoms with Crippen LogP contribution in [0.25, 0.3) is 0 Å². The third kappa shape index (κ3) is 3.51. The maximum atomic E-state index is 12.5. The monoisotopic (exact) mass is 281 g/mol. The van der Waals surface area contributed by atoms with Gasteiger partial charge in [0.25, 0.3) is 0 Å². The number of hydrogen-bond acceptors (Lipinski definition) is 3. The normalized spacial score (nSPS) is 19.9. The summed E-state index contributed by atoms with van der Waals surface area (Å²) >= 11 is 0. The van der Waals surface area contributed by atoms with E-state index in [0.717, 1.165) is 4.90 Å². The summed E-state index contributed by atoms with van der Waals surface area (Å²) in [5.74, 6) is -1.11. The topological polar surface area (TPSA) is 78.9 Å². The number of halogens is 3. The highest BCUT2D eigenvalue weighted by molar-refractivity contribution is 6.06. The van der Waals surface area contributed by atoms with Gasteiger partial charge in [0, 0.05) is 6.04 Å². The van der Waals surface area contributed by atoms with Gasteiger partial charge in [-0.1, -0.05) is 12.1 Å². The third-order valence-electron chi connectivity index (χ3n) is 3.45. The van der Waals surface area contributed by atoms with E-state index in [2.05, 4.69) is 5.16 Å². The minimum atomic E-state index is -4.46. The highest BCUT2D eigenvalue weighted by Crippen LogP contribution is 2.35. The summed E-state index contributed by atoms with van der Waals surface area (Å²) in [5.41, 5.74) is 4.04. The van der Waals surface area contributed by atoms with Gasteiger partial charge in [0.05, 0.1) is 0 Å².